The second-order valence-corrected chi connectivity index (χ2v) is 6.65. The first-order valence-electron chi connectivity index (χ1n) is 9.29. The molecule has 0 saturated carbocycles. The smallest absolute Gasteiger partial charge is 0.338 e. The molecule has 156 valence electrons. The number of carbonyl (C=O) groups is 3. The van der Waals surface area contributed by atoms with E-state index in [0.717, 1.165) is 18.4 Å². The first kappa shape index (κ1) is 23.9. The van der Waals surface area contributed by atoms with Gasteiger partial charge in [-0.2, -0.15) is 0 Å². The molecule has 0 radical (unpaired) electrons. The van der Waals surface area contributed by atoms with E-state index in [1.54, 1.807) is 19.1 Å². The molecule has 0 fully saturated rings. The third kappa shape index (κ3) is 9.06. The number of hydrogen-bond donors (Lipinski definition) is 0. The Morgan fingerprint density at radius 2 is 1.48 bits per heavy atom. The molecule has 1 aliphatic carbocycles. The Hall–Kier alpha value is -3.15. The molecule has 0 spiro atoms. The van der Waals surface area contributed by atoms with Gasteiger partial charge in [-0.3, -0.25) is 0 Å². The zero-order valence-electron chi connectivity index (χ0n) is 17.2. The third-order valence-electron chi connectivity index (χ3n) is 3.79. The highest BCUT2D eigenvalue weighted by molar-refractivity contribution is 5.93. The Morgan fingerprint density at radius 3 is 2.03 bits per heavy atom. The van der Waals surface area contributed by atoms with Gasteiger partial charge in [-0.05, 0) is 39.2 Å². The maximum Gasteiger partial charge on any atom is 0.338 e. The van der Waals surface area contributed by atoms with E-state index in [2.05, 4.69) is 13.2 Å². The Morgan fingerprint density at radius 1 is 0.931 bits per heavy atom. The van der Waals surface area contributed by atoms with Crippen LogP contribution in [0.1, 0.15) is 33.6 Å². The van der Waals surface area contributed by atoms with Crippen LogP contribution in [0.15, 0.2) is 71.9 Å². The Labute approximate surface area is 171 Å². The van der Waals surface area contributed by atoms with Crippen LogP contribution in [0.5, 0.6) is 0 Å². The van der Waals surface area contributed by atoms with Crippen molar-refractivity contribution >= 4 is 17.9 Å². The van der Waals surface area contributed by atoms with Crippen molar-refractivity contribution in [3.05, 3.63) is 71.9 Å². The van der Waals surface area contributed by atoms with Gasteiger partial charge in [0, 0.05) is 11.1 Å². The molecular weight excluding hydrogens is 372 g/mol. The molecule has 0 heterocycles. The number of ether oxygens (including phenoxy) is 3. The lowest BCUT2D eigenvalue weighted by Gasteiger charge is -2.19. The average Bonchev–Trinajstić information content (AvgIpc) is 2.67. The Balaban J connectivity index is 2.95. The summed E-state index contributed by atoms with van der Waals surface area (Å²) >= 11 is 0. The zero-order chi connectivity index (χ0) is 21.8. The standard InChI is InChI=1S/C23H28O6/c1-16(2)21(24)27-14-19(15-28-22(25)17(3)4)29-23(26)20-13-11-9-7-6-8-10-12-18(20)5/h6,8,10-13,19H,1,3,7,9,14-15H2,2,4-5H3/b8-6-,12-10-,13-11?,20-18?. The van der Waals surface area contributed by atoms with Crippen LogP contribution in [-0.2, 0) is 28.6 Å². The van der Waals surface area contributed by atoms with Gasteiger partial charge in [0.2, 0.25) is 0 Å². The molecular formula is C23H28O6. The van der Waals surface area contributed by atoms with Gasteiger partial charge in [-0.15, -0.1) is 0 Å². The first-order valence-corrected chi connectivity index (χ1v) is 9.29. The van der Waals surface area contributed by atoms with E-state index < -0.39 is 24.0 Å². The molecule has 29 heavy (non-hydrogen) atoms. The molecule has 0 amide bonds. The van der Waals surface area contributed by atoms with Crippen LogP contribution >= 0.6 is 0 Å². The van der Waals surface area contributed by atoms with Crippen LogP contribution in [0.2, 0.25) is 0 Å². The summed E-state index contributed by atoms with van der Waals surface area (Å²) in [5.74, 6) is -1.85. The fraction of sp³-hybridized carbons (Fsp3) is 0.348. The summed E-state index contributed by atoms with van der Waals surface area (Å²) in [5.41, 5.74) is 1.51. The number of allylic oxidation sites excluding steroid dienone is 6. The summed E-state index contributed by atoms with van der Waals surface area (Å²) in [7, 11) is 0. The quantitative estimate of drug-likeness (QED) is 0.349. The summed E-state index contributed by atoms with van der Waals surface area (Å²) in [5, 5.41) is 0. The molecule has 0 aromatic heterocycles. The Kier molecular flexibility index (Phi) is 10.2. The lowest BCUT2D eigenvalue weighted by molar-refractivity contribution is -0.161. The third-order valence-corrected chi connectivity index (χ3v) is 3.79. The summed E-state index contributed by atoms with van der Waals surface area (Å²) in [6.45, 7) is 11.3. The predicted molar refractivity (Wildman–Crippen MR) is 111 cm³/mol. The first-order chi connectivity index (χ1) is 13.7. The van der Waals surface area contributed by atoms with E-state index in [0.29, 0.717) is 5.57 Å². The van der Waals surface area contributed by atoms with Crippen LogP contribution in [0.25, 0.3) is 0 Å². The molecule has 0 atom stereocenters. The predicted octanol–water partition coefficient (Wildman–Crippen LogP) is 3.92. The zero-order valence-corrected chi connectivity index (χ0v) is 17.2. The minimum atomic E-state index is -0.970. The highest BCUT2D eigenvalue weighted by atomic mass is 16.6. The van der Waals surface area contributed by atoms with Gasteiger partial charge in [0.25, 0.3) is 0 Å². The van der Waals surface area contributed by atoms with Crippen LogP contribution in [0.4, 0.5) is 0 Å². The van der Waals surface area contributed by atoms with Crippen LogP contribution in [0.3, 0.4) is 0 Å². The van der Waals surface area contributed by atoms with Crippen molar-refractivity contribution < 1.29 is 28.6 Å². The van der Waals surface area contributed by atoms with Crippen LogP contribution in [-0.4, -0.2) is 37.2 Å². The molecule has 6 heteroatoms. The van der Waals surface area contributed by atoms with E-state index >= 15 is 0 Å². The van der Waals surface area contributed by atoms with Crippen molar-refractivity contribution in [2.75, 3.05) is 13.2 Å². The molecule has 1 rings (SSSR count). The lowest BCUT2D eigenvalue weighted by atomic mass is 10.1. The largest absolute Gasteiger partial charge is 0.458 e. The topological polar surface area (TPSA) is 78.9 Å². The molecule has 0 saturated heterocycles. The van der Waals surface area contributed by atoms with Gasteiger partial charge in [0.15, 0.2) is 6.10 Å². The second kappa shape index (κ2) is 12.3. The van der Waals surface area contributed by atoms with Crippen molar-refractivity contribution in [3.63, 3.8) is 0 Å². The van der Waals surface area contributed by atoms with Crippen LogP contribution < -0.4 is 0 Å². The fourth-order valence-corrected chi connectivity index (χ4v) is 2.13. The van der Waals surface area contributed by atoms with Gasteiger partial charge >= 0.3 is 17.9 Å². The highest BCUT2D eigenvalue weighted by Gasteiger charge is 2.22. The molecule has 6 nitrogen and oxygen atoms in total. The number of hydrogen-bond acceptors (Lipinski definition) is 6. The van der Waals surface area contributed by atoms with Gasteiger partial charge in [-0.25, -0.2) is 14.4 Å². The average molecular weight is 400 g/mol. The molecule has 0 bridgehead atoms. The van der Waals surface area contributed by atoms with Crippen molar-refractivity contribution in [2.45, 2.75) is 39.7 Å². The van der Waals surface area contributed by atoms with Crippen molar-refractivity contribution in [2.24, 2.45) is 0 Å². The monoisotopic (exact) mass is 400 g/mol. The molecule has 0 N–H and O–H groups in total. The summed E-state index contributed by atoms with van der Waals surface area (Å²) in [6.07, 6.45) is 11.9. The molecule has 0 aliphatic heterocycles. The molecule has 0 aromatic rings. The molecule has 1 aliphatic rings. The van der Waals surface area contributed by atoms with E-state index in [-0.39, 0.29) is 24.4 Å². The highest BCUT2D eigenvalue weighted by Crippen LogP contribution is 2.14. The summed E-state index contributed by atoms with van der Waals surface area (Å²) in [6, 6.07) is 0. The minimum Gasteiger partial charge on any atom is -0.458 e. The van der Waals surface area contributed by atoms with E-state index in [1.165, 1.54) is 13.8 Å². The maximum atomic E-state index is 12.7. The summed E-state index contributed by atoms with van der Waals surface area (Å²) < 4.78 is 15.6. The van der Waals surface area contributed by atoms with Gasteiger partial charge in [0.05, 0.1) is 5.57 Å². The molecule has 0 aromatic carbocycles. The van der Waals surface area contributed by atoms with E-state index in [1.807, 2.05) is 24.3 Å². The van der Waals surface area contributed by atoms with Gasteiger partial charge < -0.3 is 14.2 Å². The van der Waals surface area contributed by atoms with E-state index in [4.69, 9.17) is 14.2 Å². The summed E-state index contributed by atoms with van der Waals surface area (Å²) in [4.78, 5) is 36.1. The maximum absolute atomic E-state index is 12.7. The SMILES string of the molecule is C=C(C)C(=O)OCC(COC(=O)C(=C)C)OC(=O)C1=C(C)/C=C\C=C/CCC=C1. The van der Waals surface area contributed by atoms with Crippen LogP contribution in [0, 0.1) is 0 Å². The number of rotatable bonds is 8. The van der Waals surface area contributed by atoms with Crippen molar-refractivity contribution in [1.82, 2.24) is 0 Å². The number of carbonyl (C=O) groups excluding carboxylic acids is 3. The number of esters is 3. The van der Waals surface area contributed by atoms with Gasteiger partial charge in [-0.1, -0.05) is 49.6 Å². The normalized spacial score (nSPS) is 16.0. The second-order valence-electron chi connectivity index (χ2n) is 6.65. The van der Waals surface area contributed by atoms with Crippen molar-refractivity contribution in [3.8, 4) is 0 Å². The Bertz CT molecular complexity index is 749. The van der Waals surface area contributed by atoms with E-state index in [9.17, 15) is 14.4 Å². The van der Waals surface area contributed by atoms with Gasteiger partial charge in [0.1, 0.15) is 13.2 Å². The fourth-order valence-electron chi connectivity index (χ4n) is 2.13. The van der Waals surface area contributed by atoms with Crippen molar-refractivity contribution in [1.29, 1.82) is 0 Å². The minimum absolute atomic E-state index is 0.209. The lowest BCUT2D eigenvalue weighted by Crippen LogP contribution is -2.31. The molecule has 0 unspecified atom stereocenters.